The molecule has 3 aromatic carbocycles. The number of anilines is 1. The Hall–Kier alpha value is -4.00. The Morgan fingerprint density at radius 3 is 2.43 bits per heavy atom. The van der Waals surface area contributed by atoms with Crippen LogP contribution in [0.2, 0.25) is 0 Å². The maximum absolute atomic E-state index is 12.9. The fourth-order valence-electron chi connectivity index (χ4n) is 4.11. The molecule has 0 aliphatic carbocycles. The molecule has 3 amide bonds. The molecule has 0 radical (unpaired) electrons. The third-order valence-corrected chi connectivity index (χ3v) is 6.04. The molecular formula is C28H31N3O4. The summed E-state index contributed by atoms with van der Waals surface area (Å²) in [6.45, 7) is 1.87. The lowest BCUT2D eigenvalue weighted by Crippen LogP contribution is -2.46. The molecule has 1 aliphatic heterocycles. The standard InChI is InChI=1S/C28H31N3O4/c1-34-26-17-22(14-15-25(26)35-20-21-9-4-2-5-10-21)18-29-27(32)23-11-8-16-31(19-23)28(33)30-24-12-6-3-7-13-24/h2-7,9-10,12-15,17,23H,8,11,16,18-20H2,1H3,(H,29,32)(H,30,33)/t23-/m0/s1. The molecule has 3 aromatic rings. The van der Waals surface area contributed by atoms with Crippen LogP contribution in [0.1, 0.15) is 24.0 Å². The molecule has 1 fully saturated rings. The van der Waals surface area contributed by atoms with Crippen molar-refractivity contribution in [2.24, 2.45) is 5.92 Å². The highest BCUT2D eigenvalue weighted by Gasteiger charge is 2.28. The molecule has 0 unspecified atom stereocenters. The van der Waals surface area contributed by atoms with Gasteiger partial charge in [-0.15, -0.1) is 0 Å². The minimum Gasteiger partial charge on any atom is -0.493 e. The minimum absolute atomic E-state index is 0.0504. The average molecular weight is 474 g/mol. The molecule has 1 saturated heterocycles. The van der Waals surface area contributed by atoms with E-state index < -0.39 is 0 Å². The number of rotatable bonds is 8. The van der Waals surface area contributed by atoms with Crippen LogP contribution in [0.3, 0.4) is 0 Å². The van der Waals surface area contributed by atoms with Crippen LogP contribution in [0.15, 0.2) is 78.9 Å². The minimum atomic E-state index is -0.236. The maximum atomic E-state index is 12.9. The molecule has 7 nitrogen and oxygen atoms in total. The molecule has 0 aromatic heterocycles. The number of benzene rings is 3. The van der Waals surface area contributed by atoms with Crippen molar-refractivity contribution in [1.82, 2.24) is 10.2 Å². The number of nitrogens with zero attached hydrogens (tertiary/aromatic N) is 1. The highest BCUT2D eigenvalue weighted by atomic mass is 16.5. The van der Waals surface area contributed by atoms with Crippen molar-refractivity contribution in [3.63, 3.8) is 0 Å². The number of likely N-dealkylation sites (tertiary alicyclic amines) is 1. The van der Waals surface area contributed by atoms with Gasteiger partial charge in [0.1, 0.15) is 6.61 Å². The molecule has 0 saturated carbocycles. The zero-order chi connectivity index (χ0) is 24.5. The van der Waals surface area contributed by atoms with Gasteiger partial charge in [0.05, 0.1) is 13.0 Å². The van der Waals surface area contributed by atoms with E-state index in [2.05, 4.69) is 10.6 Å². The summed E-state index contributed by atoms with van der Waals surface area (Å²) in [6, 6.07) is 24.8. The van der Waals surface area contributed by atoms with Crippen LogP contribution in [0.4, 0.5) is 10.5 Å². The molecule has 0 spiro atoms. The van der Waals surface area contributed by atoms with Gasteiger partial charge in [-0.25, -0.2) is 4.79 Å². The second-order valence-corrected chi connectivity index (χ2v) is 8.56. The summed E-state index contributed by atoms with van der Waals surface area (Å²) in [4.78, 5) is 27.2. The van der Waals surface area contributed by atoms with Crippen molar-refractivity contribution in [2.75, 3.05) is 25.5 Å². The first kappa shape index (κ1) is 24.1. The first-order valence-corrected chi connectivity index (χ1v) is 11.8. The van der Waals surface area contributed by atoms with E-state index in [9.17, 15) is 9.59 Å². The Kier molecular flexibility index (Phi) is 8.22. The van der Waals surface area contributed by atoms with Gasteiger partial charge in [0.15, 0.2) is 11.5 Å². The molecule has 7 heteroatoms. The number of urea groups is 1. The molecule has 1 heterocycles. The number of ether oxygens (including phenoxy) is 2. The summed E-state index contributed by atoms with van der Waals surface area (Å²) in [5.41, 5.74) is 2.73. The van der Waals surface area contributed by atoms with Crippen molar-refractivity contribution in [3.8, 4) is 11.5 Å². The topological polar surface area (TPSA) is 79.9 Å². The van der Waals surface area contributed by atoms with E-state index in [1.54, 1.807) is 12.0 Å². The molecule has 35 heavy (non-hydrogen) atoms. The highest BCUT2D eigenvalue weighted by Crippen LogP contribution is 2.29. The average Bonchev–Trinajstić information content (AvgIpc) is 2.92. The number of methoxy groups -OCH3 is 1. The Bertz CT molecular complexity index is 1120. The van der Waals surface area contributed by atoms with Crippen LogP contribution < -0.4 is 20.1 Å². The number of hydrogen-bond donors (Lipinski definition) is 2. The molecule has 1 atom stereocenters. The monoisotopic (exact) mass is 473 g/mol. The fraction of sp³-hybridized carbons (Fsp3) is 0.286. The van der Waals surface area contributed by atoms with E-state index in [-0.39, 0.29) is 17.9 Å². The number of carbonyl (C=O) groups excluding carboxylic acids is 2. The summed E-state index contributed by atoms with van der Waals surface area (Å²) in [5, 5.41) is 5.91. The van der Waals surface area contributed by atoms with Gasteiger partial charge in [-0.2, -0.15) is 0 Å². The molecule has 4 rings (SSSR count). The van der Waals surface area contributed by atoms with Gasteiger partial charge in [0, 0.05) is 25.3 Å². The summed E-state index contributed by atoms with van der Waals surface area (Å²) < 4.78 is 11.4. The largest absolute Gasteiger partial charge is 0.493 e. The number of carbonyl (C=O) groups is 2. The van der Waals surface area contributed by atoms with Gasteiger partial charge < -0.3 is 25.0 Å². The lowest BCUT2D eigenvalue weighted by molar-refractivity contribution is -0.126. The molecular weight excluding hydrogens is 442 g/mol. The van der Waals surface area contributed by atoms with Crippen LogP contribution in [-0.4, -0.2) is 37.0 Å². The van der Waals surface area contributed by atoms with Crippen LogP contribution in [0.25, 0.3) is 0 Å². The number of hydrogen-bond acceptors (Lipinski definition) is 4. The predicted molar refractivity (Wildman–Crippen MR) is 135 cm³/mol. The van der Waals surface area contributed by atoms with E-state index in [4.69, 9.17) is 9.47 Å². The highest BCUT2D eigenvalue weighted by molar-refractivity contribution is 5.90. The van der Waals surface area contributed by atoms with Gasteiger partial charge >= 0.3 is 6.03 Å². The molecule has 2 N–H and O–H groups in total. The zero-order valence-electron chi connectivity index (χ0n) is 19.9. The van der Waals surface area contributed by atoms with E-state index in [1.165, 1.54) is 0 Å². The Morgan fingerprint density at radius 2 is 1.69 bits per heavy atom. The second-order valence-electron chi connectivity index (χ2n) is 8.56. The maximum Gasteiger partial charge on any atom is 0.321 e. The van der Waals surface area contributed by atoms with Crippen molar-refractivity contribution in [2.45, 2.75) is 26.0 Å². The van der Waals surface area contributed by atoms with E-state index >= 15 is 0 Å². The van der Waals surface area contributed by atoms with E-state index in [1.807, 2.05) is 78.9 Å². The Labute approximate surface area is 206 Å². The number of amides is 3. The molecule has 1 aliphatic rings. The van der Waals surface area contributed by atoms with Crippen LogP contribution >= 0.6 is 0 Å². The molecule has 0 bridgehead atoms. The number of nitrogens with one attached hydrogen (secondary N) is 2. The third kappa shape index (κ3) is 6.76. The summed E-state index contributed by atoms with van der Waals surface area (Å²) in [5.74, 6) is 0.985. The van der Waals surface area contributed by atoms with E-state index in [0.29, 0.717) is 37.7 Å². The summed E-state index contributed by atoms with van der Waals surface area (Å²) in [6.07, 6.45) is 1.55. The van der Waals surface area contributed by atoms with Gasteiger partial charge in [0.2, 0.25) is 5.91 Å². The smallest absolute Gasteiger partial charge is 0.321 e. The SMILES string of the molecule is COc1cc(CNC(=O)[C@H]2CCCN(C(=O)Nc3ccccc3)C2)ccc1OCc1ccccc1. The van der Waals surface area contributed by atoms with Crippen molar-refractivity contribution >= 4 is 17.6 Å². The predicted octanol–water partition coefficient (Wildman–Crippen LogP) is 4.83. The lowest BCUT2D eigenvalue weighted by Gasteiger charge is -2.32. The van der Waals surface area contributed by atoms with Gasteiger partial charge in [-0.3, -0.25) is 4.79 Å². The van der Waals surface area contributed by atoms with Gasteiger partial charge in [-0.1, -0.05) is 54.6 Å². The third-order valence-electron chi connectivity index (χ3n) is 6.04. The summed E-state index contributed by atoms with van der Waals surface area (Å²) in [7, 11) is 1.60. The van der Waals surface area contributed by atoms with Crippen molar-refractivity contribution in [1.29, 1.82) is 0 Å². The van der Waals surface area contributed by atoms with Crippen molar-refractivity contribution < 1.29 is 19.1 Å². The van der Waals surface area contributed by atoms with Crippen LogP contribution in [0.5, 0.6) is 11.5 Å². The van der Waals surface area contributed by atoms with Gasteiger partial charge in [0.25, 0.3) is 0 Å². The quantitative estimate of drug-likeness (QED) is 0.491. The molecule has 182 valence electrons. The first-order chi connectivity index (χ1) is 17.1. The first-order valence-electron chi connectivity index (χ1n) is 11.8. The summed E-state index contributed by atoms with van der Waals surface area (Å²) >= 11 is 0. The number of piperidine rings is 1. The Balaban J connectivity index is 1.29. The van der Waals surface area contributed by atoms with Gasteiger partial charge in [-0.05, 0) is 48.2 Å². The second kappa shape index (κ2) is 11.9. The van der Waals surface area contributed by atoms with Crippen LogP contribution in [-0.2, 0) is 17.9 Å². The van der Waals surface area contributed by atoms with E-state index in [0.717, 1.165) is 29.7 Å². The Morgan fingerprint density at radius 1 is 0.943 bits per heavy atom. The fourth-order valence-corrected chi connectivity index (χ4v) is 4.11. The van der Waals surface area contributed by atoms with Crippen LogP contribution in [0, 0.1) is 5.92 Å². The number of para-hydroxylation sites is 1. The van der Waals surface area contributed by atoms with Crippen molar-refractivity contribution in [3.05, 3.63) is 90.0 Å². The normalized spacial score (nSPS) is 15.2. The zero-order valence-corrected chi connectivity index (χ0v) is 19.9. The lowest BCUT2D eigenvalue weighted by atomic mass is 9.97.